The van der Waals surface area contributed by atoms with Gasteiger partial charge < -0.3 is 4.90 Å². The lowest BCUT2D eigenvalue weighted by atomic mass is 10.4. The smallest absolute Gasteiger partial charge is 0.264 e. The molecule has 0 unspecified atom stereocenters. The van der Waals surface area contributed by atoms with E-state index in [1.165, 1.54) is 0 Å². The molecule has 1 aliphatic heterocycles. The van der Waals surface area contributed by atoms with Crippen LogP contribution in [-0.4, -0.2) is 36.7 Å². The first-order valence-corrected chi connectivity index (χ1v) is 5.55. The van der Waals surface area contributed by atoms with Crippen LogP contribution < -0.4 is 0 Å². The zero-order valence-corrected chi connectivity index (χ0v) is 7.63. The molecule has 12 heavy (non-hydrogen) atoms. The highest BCUT2D eigenvalue weighted by Crippen LogP contribution is 2.04. The molecule has 0 radical (unpaired) electrons. The van der Waals surface area contributed by atoms with Gasteiger partial charge in [-0.05, 0) is 19.0 Å². The molecule has 4 nitrogen and oxygen atoms in total. The minimum absolute atomic E-state index is 0.142. The van der Waals surface area contributed by atoms with Crippen molar-refractivity contribution in [1.29, 1.82) is 0 Å². The summed E-state index contributed by atoms with van der Waals surface area (Å²) >= 11 is 0. The molecule has 0 amide bonds. The molecule has 0 bridgehead atoms. The van der Waals surface area contributed by atoms with Crippen LogP contribution in [0.15, 0.2) is 12.3 Å². The molecule has 0 aromatic carbocycles. The second-order valence-electron chi connectivity index (χ2n) is 2.85. The fourth-order valence-electron chi connectivity index (χ4n) is 1.17. The summed E-state index contributed by atoms with van der Waals surface area (Å²) in [6, 6.07) is 0. The van der Waals surface area contributed by atoms with E-state index in [9.17, 15) is 8.42 Å². The Hall–Kier alpha value is -0.550. The van der Waals surface area contributed by atoms with Gasteiger partial charge in [0.15, 0.2) is 0 Å². The van der Waals surface area contributed by atoms with E-state index in [4.69, 9.17) is 4.55 Å². The third-order valence-electron chi connectivity index (χ3n) is 1.75. The average Bonchev–Trinajstić information content (AvgIpc) is 2.36. The Balaban J connectivity index is 2.14. The van der Waals surface area contributed by atoms with Crippen molar-refractivity contribution < 1.29 is 13.0 Å². The van der Waals surface area contributed by atoms with Gasteiger partial charge in [0.25, 0.3) is 10.1 Å². The van der Waals surface area contributed by atoms with Crippen molar-refractivity contribution in [2.75, 3.05) is 18.8 Å². The molecular weight excluding hydrogens is 178 g/mol. The van der Waals surface area contributed by atoms with Crippen molar-refractivity contribution >= 4 is 10.1 Å². The van der Waals surface area contributed by atoms with Gasteiger partial charge in [-0.2, -0.15) is 8.42 Å². The molecule has 0 aromatic rings. The molecule has 0 spiro atoms. The summed E-state index contributed by atoms with van der Waals surface area (Å²) in [7, 11) is -3.77. The third kappa shape index (κ3) is 3.73. The van der Waals surface area contributed by atoms with E-state index >= 15 is 0 Å². The van der Waals surface area contributed by atoms with Crippen LogP contribution in [0.3, 0.4) is 0 Å². The summed E-state index contributed by atoms with van der Waals surface area (Å²) in [4.78, 5) is 2.05. The quantitative estimate of drug-likeness (QED) is 0.657. The second kappa shape index (κ2) is 3.91. The summed E-state index contributed by atoms with van der Waals surface area (Å²) in [6.45, 7) is 1.67. The maximum absolute atomic E-state index is 10.3. The lowest BCUT2D eigenvalue weighted by Gasteiger charge is -2.13. The van der Waals surface area contributed by atoms with Gasteiger partial charge in [0.05, 0.1) is 5.75 Å². The van der Waals surface area contributed by atoms with E-state index in [0.717, 1.165) is 13.0 Å². The van der Waals surface area contributed by atoms with Crippen molar-refractivity contribution in [2.24, 2.45) is 0 Å². The molecule has 1 aliphatic rings. The van der Waals surface area contributed by atoms with Crippen molar-refractivity contribution in [3.63, 3.8) is 0 Å². The van der Waals surface area contributed by atoms with E-state index in [2.05, 4.69) is 0 Å². The highest BCUT2D eigenvalue weighted by molar-refractivity contribution is 7.85. The topological polar surface area (TPSA) is 57.6 Å². The number of hydrogen-bond donors (Lipinski definition) is 1. The fourth-order valence-corrected chi connectivity index (χ4v) is 1.67. The van der Waals surface area contributed by atoms with Gasteiger partial charge in [-0.1, -0.05) is 6.08 Å². The van der Waals surface area contributed by atoms with E-state index in [0.29, 0.717) is 13.0 Å². The van der Waals surface area contributed by atoms with Gasteiger partial charge in [-0.3, -0.25) is 4.55 Å². The zero-order valence-electron chi connectivity index (χ0n) is 6.81. The van der Waals surface area contributed by atoms with E-state index in [1.54, 1.807) is 0 Å². The van der Waals surface area contributed by atoms with Crippen LogP contribution in [-0.2, 0) is 10.1 Å². The molecule has 1 N–H and O–H groups in total. The molecule has 1 heterocycles. The van der Waals surface area contributed by atoms with Crippen LogP contribution in [0.2, 0.25) is 0 Å². The predicted octanol–water partition coefficient (Wildman–Crippen LogP) is 0.484. The molecule has 70 valence electrons. The minimum atomic E-state index is -3.77. The lowest BCUT2D eigenvalue weighted by molar-refractivity contribution is 0.401. The summed E-state index contributed by atoms with van der Waals surface area (Å²) in [5.74, 6) is -0.142. The Morgan fingerprint density at radius 3 is 2.75 bits per heavy atom. The molecule has 5 heteroatoms. The summed E-state index contributed by atoms with van der Waals surface area (Å²) in [5, 5.41) is 0. The second-order valence-corrected chi connectivity index (χ2v) is 4.42. The fraction of sp³-hybridized carbons (Fsp3) is 0.714. The van der Waals surface area contributed by atoms with Gasteiger partial charge in [-0.25, -0.2) is 0 Å². The Morgan fingerprint density at radius 2 is 2.25 bits per heavy atom. The molecule has 0 fully saturated rings. The van der Waals surface area contributed by atoms with Crippen LogP contribution in [0, 0.1) is 0 Å². The Bertz CT molecular complexity index is 258. The Labute approximate surface area is 72.6 Å². The van der Waals surface area contributed by atoms with Crippen molar-refractivity contribution in [3.05, 3.63) is 12.3 Å². The van der Waals surface area contributed by atoms with Crippen molar-refractivity contribution in [1.82, 2.24) is 4.90 Å². The Kier molecular flexibility index (Phi) is 3.11. The molecule has 0 aliphatic carbocycles. The maximum atomic E-state index is 10.3. The first-order chi connectivity index (χ1) is 5.58. The molecule has 0 aromatic heterocycles. The van der Waals surface area contributed by atoms with E-state index in [1.807, 2.05) is 17.2 Å². The summed E-state index contributed by atoms with van der Waals surface area (Å²) < 4.78 is 29.1. The molecule has 1 rings (SSSR count). The van der Waals surface area contributed by atoms with Crippen LogP contribution in [0.25, 0.3) is 0 Å². The van der Waals surface area contributed by atoms with Crippen molar-refractivity contribution in [2.45, 2.75) is 12.8 Å². The monoisotopic (exact) mass is 191 g/mol. The average molecular weight is 191 g/mol. The van der Waals surface area contributed by atoms with Gasteiger partial charge in [-0.15, -0.1) is 0 Å². The van der Waals surface area contributed by atoms with Gasteiger partial charge >= 0.3 is 0 Å². The SMILES string of the molecule is O=S(=O)(O)CCCN1C=CCC1. The predicted molar refractivity (Wildman–Crippen MR) is 46.4 cm³/mol. The zero-order chi connectivity index (χ0) is 9.03. The highest BCUT2D eigenvalue weighted by Gasteiger charge is 2.07. The molecule has 0 atom stereocenters. The van der Waals surface area contributed by atoms with Crippen molar-refractivity contribution in [3.8, 4) is 0 Å². The van der Waals surface area contributed by atoms with E-state index in [-0.39, 0.29) is 5.75 Å². The van der Waals surface area contributed by atoms with Crippen LogP contribution in [0.5, 0.6) is 0 Å². The number of nitrogens with zero attached hydrogens (tertiary/aromatic N) is 1. The number of hydrogen-bond acceptors (Lipinski definition) is 3. The maximum Gasteiger partial charge on any atom is 0.264 e. The normalized spacial score (nSPS) is 17.2. The van der Waals surface area contributed by atoms with Gasteiger partial charge in [0, 0.05) is 13.1 Å². The van der Waals surface area contributed by atoms with Gasteiger partial charge in [0.1, 0.15) is 0 Å². The number of rotatable bonds is 4. The summed E-state index contributed by atoms with van der Waals surface area (Å²) in [6.07, 6.45) is 5.53. The van der Waals surface area contributed by atoms with E-state index < -0.39 is 10.1 Å². The molecule has 0 saturated carbocycles. The summed E-state index contributed by atoms with van der Waals surface area (Å²) in [5.41, 5.74) is 0. The third-order valence-corrected chi connectivity index (χ3v) is 2.55. The van der Waals surface area contributed by atoms with Crippen LogP contribution in [0.4, 0.5) is 0 Å². The Morgan fingerprint density at radius 1 is 1.50 bits per heavy atom. The van der Waals surface area contributed by atoms with Gasteiger partial charge in [0.2, 0.25) is 0 Å². The van der Waals surface area contributed by atoms with Crippen LogP contribution >= 0.6 is 0 Å². The highest BCUT2D eigenvalue weighted by atomic mass is 32.2. The standard InChI is InChI=1S/C7H13NO3S/c9-12(10,11)7-3-6-8-4-1-2-5-8/h1,4H,2-3,5-7H2,(H,9,10,11). The molecular formula is C7H13NO3S. The van der Waals surface area contributed by atoms with Crippen LogP contribution in [0.1, 0.15) is 12.8 Å². The minimum Gasteiger partial charge on any atom is -0.377 e. The lowest BCUT2D eigenvalue weighted by Crippen LogP contribution is -2.18. The first-order valence-electron chi connectivity index (χ1n) is 3.94. The largest absolute Gasteiger partial charge is 0.377 e. The molecule has 0 saturated heterocycles. The first kappa shape index (κ1) is 9.54.